The highest BCUT2D eigenvalue weighted by atomic mass is 32.2. The number of rotatable bonds is 8. The van der Waals surface area contributed by atoms with Gasteiger partial charge in [-0.25, -0.2) is 26.7 Å². The molecule has 3 aliphatic rings. The molecule has 1 N–H and O–H groups in total. The zero-order valence-corrected chi connectivity index (χ0v) is 26.1. The first-order valence-corrected chi connectivity index (χ1v) is 16.6. The van der Waals surface area contributed by atoms with E-state index in [1.54, 1.807) is 30.3 Å². The highest BCUT2D eigenvalue weighted by molar-refractivity contribution is 7.90. The summed E-state index contributed by atoms with van der Waals surface area (Å²) in [7, 11) is -2.71. The number of para-hydroxylation sites is 1. The van der Waals surface area contributed by atoms with Crippen molar-refractivity contribution < 1.29 is 27.1 Å². The predicted molar refractivity (Wildman–Crippen MR) is 169 cm³/mol. The van der Waals surface area contributed by atoms with Gasteiger partial charge in [-0.3, -0.25) is 4.79 Å². The highest BCUT2D eigenvalue weighted by Gasteiger charge is 2.48. The van der Waals surface area contributed by atoms with Gasteiger partial charge in [-0.15, -0.1) is 0 Å². The first kappa shape index (κ1) is 29.8. The minimum atomic E-state index is -4.12. The fourth-order valence-corrected chi connectivity index (χ4v) is 8.15. The summed E-state index contributed by atoms with van der Waals surface area (Å²) in [6.07, 6.45) is 6.23. The zero-order valence-electron chi connectivity index (χ0n) is 25.3. The first-order valence-electron chi connectivity index (χ1n) is 15.2. The summed E-state index contributed by atoms with van der Waals surface area (Å²) in [6.45, 7) is 1.86. The van der Waals surface area contributed by atoms with Gasteiger partial charge < -0.3 is 14.8 Å². The second kappa shape index (κ2) is 11.8. The van der Waals surface area contributed by atoms with E-state index in [-0.39, 0.29) is 63.0 Å². The van der Waals surface area contributed by atoms with Crippen LogP contribution in [0.5, 0.6) is 11.6 Å². The second-order valence-corrected chi connectivity index (χ2v) is 13.7. The van der Waals surface area contributed by atoms with Crippen molar-refractivity contribution in [2.75, 3.05) is 12.4 Å². The molecule has 3 fully saturated rings. The lowest BCUT2D eigenvalue weighted by molar-refractivity contribution is -0.152. The Morgan fingerprint density at radius 2 is 1.70 bits per heavy atom. The largest absolute Gasteiger partial charge is 0.469 e. The van der Waals surface area contributed by atoms with Gasteiger partial charge >= 0.3 is 5.97 Å². The third kappa shape index (κ3) is 5.46. The van der Waals surface area contributed by atoms with Crippen LogP contribution >= 0.6 is 0 Å². The molecule has 0 aliphatic heterocycles. The Morgan fingerprint density at radius 3 is 2.41 bits per heavy atom. The Bertz CT molecular complexity index is 2030. The molecular weight excluding hydrogens is 609 g/mol. The van der Waals surface area contributed by atoms with Crippen molar-refractivity contribution in [1.82, 2.24) is 18.9 Å². The number of pyridine rings is 1. The number of halogens is 1. The summed E-state index contributed by atoms with van der Waals surface area (Å²) in [6, 6.07) is 18.2. The van der Waals surface area contributed by atoms with Crippen molar-refractivity contribution in [2.45, 2.75) is 43.5 Å². The van der Waals surface area contributed by atoms with Crippen LogP contribution in [0, 0.1) is 30.5 Å². The summed E-state index contributed by atoms with van der Waals surface area (Å²) < 4.78 is 54.7. The van der Waals surface area contributed by atoms with Crippen LogP contribution < -0.4 is 10.1 Å². The fraction of sp³-hybridized carbons (Fsp3) is 0.294. The molecule has 0 saturated heterocycles. The lowest BCUT2D eigenvalue weighted by atomic mass is 9.61. The molecule has 3 heterocycles. The monoisotopic (exact) mass is 641 g/mol. The van der Waals surface area contributed by atoms with Crippen molar-refractivity contribution in [3.05, 3.63) is 90.5 Å². The third-order valence-corrected chi connectivity index (χ3v) is 10.7. The molecular formula is C34H32FN5O5S. The van der Waals surface area contributed by atoms with Gasteiger partial charge in [-0.2, -0.15) is 4.98 Å². The number of carbonyl (C=O) groups excluding carboxylic acids is 1. The molecule has 236 valence electrons. The lowest BCUT2D eigenvalue weighted by Crippen LogP contribution is -2.51. The molecule has 0 radical (unpaired) electrons. The average Bonchev–Trinajstić information content (AvgIpc) is 3.45. The van der Waals surface area contributed by atoms with E-state index in [4.69, 9.17) is 14.5 Å². The Kier molecular flexibility index (Phi) is 7.67. The van der Waals surface area contributed by atoms with Crippen molar-refractivity contribution in [3.8, 4) is 23.0 Å². The molecule has 46 heavy (non-hydrogen) atoms. The van der Waals surface area contributed by atoms with E-state index in [2.05, 4.69) is 15.3 Å². The van der Waals surface area contributed by atoms with Gasteiger partial charge in [0.15, 0.2) is 11.5 Å². The number of fused-ring (bicyclic) bond motifs is 4. The number of carbonyl (C=O) groups is 1. The van der Waals surface area contributed by atoms with Gasteiger partial charge in [0, 0.05) is 29.3 Å². The quantitative estimate of drug-likeness (QED) is 0.193. The van der Waals surface area contributed by atoms with Crippen LogP contribution in [0.15, 0.2) is 84.0 Å². The van der Waals surface area contributed by atoms with Crippen LogP contribution in [0.1, 0.15) is 31.2 Å². The maximum atomic E-state index is 14.7. The molecule has 8 rings (SSSR count). The summed E-state index contributed by atoms with van der Waals surface area (Å²) >= 11 is 0. The van der Waals surface area contributed by atoms with E-state index in [1.165, 1.54) is 31.5 Å². The van der Waals surface area contributed by atoms with Crippen LogP contribution in [0.2, 0.25) is 0 Å². The molecule has 10 nitrogen and oxygen atoms in total. The Labute approximate surface area is 265 Å². The van der Waals surface area contributed by atoms with E-state index in [0.29, 0.717) is 11.6 Å². The number of hydrogen-bond acceptors (Lipinski definition) is 9. The predicted octanol–water partition coefficient (Wildman–Crippen LogP) is 6.36. The Morgan fingerprint density at radius 1 is 0.978 bits per heavy atom. The number of esters is 1. The van der Waals surface area contributed by atoms with Gasteiger partial charge in [0.05, 0.1) is 24.1 Å². The van der Waals surface area contributed by atoms with Crippen molar-refractivity contribution in [3.63, 3.8) is 0 Å². The smallest absolute Gasteiger partial charge is 0.311 e. The van der Waals surface area contributed by atoms with Gasteiger partial charge in [-0.05, 0) is 74.8 Å². The normalized spacial score (nSPS) is 20.8. The summed E-state index contributed by atoms with van der Waals surface area (Å²) in [5, 5.41) is 3.71. The Hall–Kier alpha value is -4.84. The van der Waals surface area contributed by atoms with E-state index >= 15 is 0 Å². The van der Waals surface area contributed by atoms with Crippen LogP contribution in [-0.4, -0.2) is 46.5 Å². The molecule has 2 aromatic carbocycles. The van der Waals surface area contributed by atoms with Gasteiger partial charge in [0.1, 0.15) is 17.4 Å². The van der Waals surface area contributed by atoms with Gasteiger partial charge in [-0.1, -0.05) is 35.9 Å². The third-order valence-electron chi connectivity index (χ3n) is 9.07. The first-order chi connectivity index (χ1) is 22.2. The SMILES string of the molecule is COC(=O)C1C2CCC(CC2)C1Nc1cc(Oc2ccccc2)nc(-c2cn(S(=O)(=O)c3ccc(C)cc3)c3ncc(F)cc23)n1. The highest BCUT2D eigenvalue weighted by Crippen LogP contribution is 2.47. The minimum absolute atomic E-state index is 0.0276. The van der Waals surface area contributed by atoms with Crippen molar-refractivity contribution in [2.24, 2.45) is 17.8 Å². The number of hydrogen-bond donors (Lipinski definition) is 1. The number of methoxy groups -OCH3 is 1. The average molecular weight is 642 g/mol. The topological polar surface area (TPSA) is 125 Å². The lowest BCUT2D eigenvalue weighted by Gasteiger charge is -2.47. The zero-order chi connectivity index (χ0) is 32.0. The molecule has 2 atom stereocenters. The van der Waals surface area contributed by atoms with E-state index < -0.39 is 15.8 Å². The summed E-state index contributed by atoms with van der Waals surface area (Å²) in [5.74, 6) is 0.396. The Balaban J connectivity index is 1.37. The van der Waals surface area contributed by atoms with E-state index in [0.717, 1.165) is 41.4 Å². The number of aromatic nitrogens is 4. The van der Waals surface area contributed by atoms with Crippen LogP contribution in [0.25, 0.3) is 22.4 Å². The van der Waals surface area contributed by atoms with Crippen molar-refractivity contribution >= 4 is 32.8 Å². The van der Waals surface area contributed by atoms with E-state index in [9.17, 15) is 17.6 Å². The van der Waals surface area contributed by atoms with E-state index in [1.807, 2.05) is 25.1 Å². The number of ether oxygens (including phenoxy) is 2. The molecule has 0 amide bonds. The van der Waals surface area contributed by atoms with Crippen LogP contribution in [-0.2, 0) is 19.6 Å². The molecule has 3 saturated carbocycles. The standard InChI is InChI=1S/C34H32FN5O5S/c1-20-8-14-25(15-9-20)46(42,43)40-19-27(26-16-23(35)18-36-33(26)40)32-38-28(17-29(39-32)45-24-6-4-3-5-7-24)37-31-22-12-10-21(11-13-22)30(31)34(41)44-2/h3-9,14-19,21-22,30-31H,10-13H2,1-2H3,(H,37,38,39). The summed E-state index contributed by atoms with van der Waals surface area (Å²) in [5.41, 5.74) is 1.18. The number of anilines is 1. The van der Waals surface area contributed by atoms with Gasteiger partial charge in [0.25, 0.3) is 10.0 Å². The fourth-order valence-electron chi connectivity index (χ4n) is 6.82. The van der Waals surface area contributed by atoms with Gasteiger partial charge in [0.2, 0.25) is 5.88 Å². The summed E-state index contributed by atoms with van der Waals surface area (Å²) in [4.78, 5) is 26.6. The van der Waals surface area contributed by atoms with Crippen LogP contribution in [0.3, 0.4) is 0 Å². The maximum Gasteiger partial charge on any atom is 0.311 e. The number of nitrogens with zero attached hydrogens (tertiary/aromatic N) is 4. The second-order valence-electron chi connectivity index (χ2n) is 11.9. The van der Waals surface area contributed by atoms with Crippen LogP contribution in [0.4, 0.5) is 10.2 Å². The molecule has 2 bridgehead atoms. The number of benzene rings is 2. The molecule has 3 aromatic heterocycles. The number of nitrogens with one attached hydrogen (secondary N) is 1. The van der Waals surface area contributed by atoms with Crippen molar-refractivity contribution in [1.29, 1.82) is 0 Å². The minimum Gasteiger partial charge on any atom is -0.469 e. The molecule has 2 unspecified atom stereocenters. The molecule has 12 heteroatoms. The number of aryl methyl sites for hydroxylation is 1. The molecule has 0 spiro atoms. The molecule has 5 aromatic rings. The molecule has 3 aliphatic carbocycles. The maximum absolute atomic E-state index is 14.7.